The average molecular weight is 669 g/mol. The fourth-order valence-corrected chi connectivity index (χ4v) is 5.42. The molecule has 2 aromatic carbocycles. The lowest BCUT2D eigenvalue weighted by Gasteiger charge is -2.38. The van der Waals surface area contributed by atoms with Gasteiger partial charge in [-0.05, 0) is 60.1 Å². The molecule has 0 unspecified atom stereocenters. The van der Waals surface area contributed by atoms with Crippen LogP contribution in [0.4, 0.5) is 0 Å². The van der Waals surface area contributed by atoms with Gasteiger partial charge in [0, 0.05) is 0 Å². The van der Waals surface area contributed by atoms with Crippen LogP contribution >= 0.6 is 0 Å². The second-order valence-electron chi connectivity index (χ2n) is 11.9. The van der Waals surface area contributed by atoms with Crippen LogP contribution in [0.2, 0.25) is 0 Å². The van der Waals surface area contributed by atoms with Gasteiger partial charge in [-0.1, -0.05) is 26.0 Å². The summed E-state index contributed by atoms with van der Waals surface area (Å²) in [5, 5.41) is 89.3. The molecule has 9 N–H and O–H groups in total. The maximum absolute atomic E-state index is 11.4. The molecule has 4 rings (SSSR count). The van der Waals surface area contributed by atoms with Crippen LogP contribution < -0.4 is 14.2 Å². The van der Waals surface area contributed by atoms with Gasteiger partial charge in [0.05, 0.1) is 7.11 Å². The van der Waals surface area contributed by atoms with E-state index in [-0.39, 0.29) is 34.8 Å². The first-order valence-electron chi connectivity index (χ1n) is 14.8. The largest absolute Gasteiger partial charge is 0.504 e. The SMILES string of the molecule is COc1cc(C[C@@H](C)[C@@H](C)Cc2ccc(O[C@@H]3O[C@H](C(=O)O)[C@@H](O)[C@H](O)[C@H]3O)c(O)c2)ccc1O[C@H]1O[C@@H](C(=O)O)[C@H](O)[C@@H](O)[C@@H]1O. The molecule has 47 heavy (non-hydrogen) atoms. The number of hydrogen-bond acceptors (Lipinski definition) is 14. The molecule has 0 spiro atoms. The number of rotatable bonds is 12. The lowest BCUT2D eigenvalue weighted by Crippen LogP contribution is -2.61. The van der Waals surface area contributed by atoms with E-state index in [9.17, 15) is 55.5 Å². The van der Waals surface area contributed by atoms with E-state index < -0.39 is 73.4 Å². The summed E-state index contributed by atoms with van der Waals surface area (Å²) >= 11 is 0. The number of phenolic OH excluding ortho intramolecular Hbond substituents is 1. The van der Waals surface area contributed by atoms with E-state index in [2.05, 4.69) is 0 Å². The van der Waals surface area contributed by atoms with Crippen LogP contribution in [0.3, 0.4) is 0 Å². The predicted molar refractivity (Wildman–Crippen MR) is 157 cm³/mol. The molecule has 2 aromatic rings. The Morgan fingerprint density at radius 3 is 1.51 bits per heavy atom. The number of aliphatic hydroxyl groups is 6. The number of carbonyl (C=O) groups is 2. The van der Waals surface area contributed by atoms with E-state index in [4.69, 9.17) is 23.7 Å². The van der Waals surface area contributed by atoms with E-state index in [1.54, 1.807) is 24.3 Å². The van der Waals surface area contributed by atoms with Crippen molar-refractivity contribution < 1.29 is 79.2 Å². The molecule has 260 valence electrons. The number of carboxylic acids is 2. The number of carboxylic acid groups (broad SMARTS) is 2. The summed E-state index contributed by atoms with van der Waals surface area (Å²) in [6.45, 7) is 4.05. The van der Waals surface area contributed by atoms with Gasteiger partial charge in [-0.25, -0.2) is 9.59 Å². The molecule has 2 aliphatic rings. The average Bonchev–Trinajstić information content (AvgIpc) is 3.02. The summed E-state index contributed by atoms with van der Waals surface area (Å²) in [6.07, 6.45) is -16.7. The Labute approximate surface area is 268 Å². The number of hydrogen-bond donors (Lipinski definition) is 9. The molecule has 0 saturated carbocycles. The molecule has 0 bridgehead atoms. The van der Waals surface area contributed by atoms with Gasteiger partial charge < -0.3 is 69.6 Å². The second-order valence-corrected chi connectivity index (χ2v) is 11.9. The second kappa shape index (κ2) is 15.0. The van der Waals surface area contributed by atoms with Crippen molar-refractivity contribution in [2.24, 2.45) is 11.8 Å². The lowest BCUT2D eigenvalue weighted by molar-refractivity contribution is -0.271. The third kappa shape index (κ3) is 8.05. The van der Waals surface area contributed by atoms with Gasteiger partial charge in [0.25, 0.3) is 0 Å². The van der Waals surface area contributed by atoms with E-state index in [0.717, 1.165) is 11.1 Å². The molecule has 0 amide bonds. The molecule has 12 atom stereocenters. The number of aliphatic carboxylic acids is 2. The van der Waals surface area contributed by atoms with Gasteiger partial charge in [-0.15, -0.1) is 0 Å². The predicted octanol–water partition coefficient (Wildman–Crippen LogP) is -1.000. The Morgan fingerprint density at radius 2 is 1.09 bits per heavy atom. The van der Waals surface area contributed by atoms with E-state index in [1.165, 1.54) is 19.2 Å². The van der Waals surface area contributed by atoms with Crippen molar-refractivity contribution in [1.82, 2.24) is 0 Å². The third-order valence-electron chi connectivity index (χ3n) is 8.45. The van der Waals surface area contributed by atoms with Gasteiger partial charge in [-0.2, -0.15) is 0 Å². The fourth-order valence-electron chi connectivity index (χ4n) is 5.42. The number of methoxy groups -OCH3 is 1. The van der Waals surface area contributed by atoms with Gasteiger partial charge in [0.15, 0.2) is 35.2 Å². The monoisotopic (exact) mass is 668 g/mol. The van der Waals surface area contributed by atoms with E-state index in [1.807, 2.05) is 13.8 Å². The van der Waals surface area contributed by atoms with E-state index >= 15 is 0 Å². The van der Waals surface area contributed by atoms with Gasteiger partial charge in [0.2, 0.25) is 12.6 Å². The van der Waals surface area contributed by atoms with Crippen LogP contribution in [-0.2, 0) is 31.9 Å². The number of phenols is 1. The molecule has 2 saturated heterocycles. The summed E-state index contributed by atoms with van der Waals surface area (Å²) in [6, 6.07) is 9.56. The molecule has 2 aliphatic heterocycles. The minimum absolute atomic E-state index is 0.0891. The minimum atomic E-state index is -1.88. The zero-order valence-corrected chi connectivity index (χ0v) is 25.7. The molecule has 0 aliphatic carbocycles. The molecular formula is C31H40O16. The number of benzene rings is 2. The molecule has 0 aromatic heterocycles. The first-order valence-corrected chi connectivity index (χ1v) is 14.8. The van der Waals surface area contributed by atoms with Crippen LogP contribution in [0.15, 0.2) is 36.4 Å². The summed E-state index contributed by atoms with van der Waals surface area (Å²) in [5.41, 5.74) is 1.61. The molecule has 16 heteroatoms. The Kier molecular flexibility index (Phi) is 11.5. The van der Waals surface area contributed by atoms with Crippen LogP contribution in [-0.4, -0.2) is 126 Å². The Balaban J connectivity index is 1.37. The topological polar surface area (TPSA) is 262 Å². The first-order chi connectivity index (χ1) is 22.1. The molecule has 0 radical (unpaired) electrons. The summed E-state index contributed by atoms with van der Waals surface area (Å²) in [5.74, 6) is -2.97. The minimum Gasteiger partial charge on any atom is -0.504 e. The highest BCUT2D eigenvalue weighted by molar-refractivity contribution is 5.74. The Morgan fingerprint density at radius 1 is 0.660 bits per heavy atom. The maximum Gasteiger partial charge on any atom is 0.335 e. The van der Waals surface area contributed by atoms with Crippen LogP contribution in [0.25, 0.3) is 0 Å². The molecular weight excluding hydrogens is 628 g/mol. The van der Waals surface area contributed by atoms with Crippen LogP contribution in [0.1, 0.15) is 25.0 Å². The van der Waals surface area contributed by atoms with Crippen molar-refractivity contribution in [3.63, 3.8) is 0 Å². The van der Waals surface area contributed by atoms with Gasteiger partial charge in [0.1, 0.15) is 36.6 Å². The van der Waals surface area contributed by atoms with Gasteiger partial charge >= 0.3 is 11.9 Å². The quantitative estimate of drug-likeness (QED) is 0.131. The number of ether oxygens (including phenoxy) is 5. The summed E-state index contributed by atoms with van der Waals surface area (Å²) in [4.78, 5) is 22.7. The van der Waals surface area contributed by atoms with Crippen molar-refractivity contribution in [2.45, 2.75) is 88.1 Å². The molecule has 2 fully saturated rings. The normalized spacial score (nSPS) is 32.2. The number of aromatic hydroxyl groups is 1. The molecule has 2 heterocycles. The Bertz CT molecular complexity index is 1400. The summed E-state index contributed by atoms with van der Waals surface area (Å²) in [7, 11) is 1.39. The highest BCUT2D eigenvalue weighted by Crippen LogP contribution is 2.35. The van der Waals surface area contributed by atoms with Crippen molar-refractivity contribution in [2.75, 3.05) is 7.11 Å². The van der Waals surface area contributed by atoms with Crippen molar-refractivity contribution in [3.8, 4) is 23.0 Å². The standard InChI is InChI=1S/C31H40O16/c1-12(8-14-4-6-17(16(32)10-14)44-30-24(37)20(33)22(35)26(46-30)28(39)40)13(2)9-15-5-7-18(19(11-15)43-3)45-31-25(38)21(34)23(36)27(47-31)29(41)42/h4-7,10-13,20-27,30-38H,8-9H2,1-3H3,(H,39,40)(H,41,42)/t12-,13+,20-,21+,22-,23+,24+,25-,26-,27+,30+,31-/m0/s1. The highest BCUT2D eigenvalue weighted by Gasteiger charge is 2.49. The van der Waals surface area contributed by atoms with Crippen molar-refractivity contribution in [3.05, 3.63) is 47.5 Å². The zero-order valence-electron chi connectivity index (χ0n) is 25.7. The summed E-state index contributed by atoms with van der Waals surface area (Å²) < 4.78 is 26.8. The Hall–Kier alpha value is -3.74. The smallest absolute Gasteiger partial charge is 0.335 e. The van der Waals surface area contributed by atoms with Crippen LogP contribution in [0, 0.1) is 11.8 Å². The van der Waals surface area contributed by atoms with Crippen molar-refractivity contribution in [1.29, 1.82) is 0 Å². The number of aliphatic hydroxyl groups excluding tert-OH is 6. The lowest BCUT2D eigenvalue weighted by atomic mass is 9.85. The fraction of sp³-hybridized carbons (Fsp3) is 0.548. The van der Waals surface area contributed by atoms with Gasteiger partial charge in [-0.3, -0.25) is 0 Å². The zero-order chi connectivity index (χ0) is 34.7. The maximum atomic E-state index is 11.4. The highest BCUT2D eigenvalue weighted by atomic mass is 16.7. The first kappa shape index (κ1) is 36.1. The van der Waals surface area contributed by atoms with E-state index in [0.29, 0.717) is 12.8 Å². The molecule has 16 nitrogen and oxygen atoms in total. The third-order valence-corrected chi connectivity index (χ3v) is 8.45. The van der Waals surface area contributed by atoms with Crippen LogP contribution in [0.5, 0.6) is 23.0 Å². The van der Waals surface area contributed by atoms with Crippen molar-refractivity contribution >= 4 is 11.9 Å².